The first kappa shape index (κ1) is 20.5. The van der Waals surface area contributed by atoms with Crippen LogP contribution in [0.2, 0.25) is 0 Å². The van der Waals surface area contributed by atoms with Crippen molar-refractivity contribution in [2.45, 2.75) is 59.2 Å². The summed E-state index contributed by atoms with van der Waals surface area (Å²) in [6, 6.07) is 4.77. The fourth-order valence-electron chi connectivity index (χ4n) is 2.87. The zero-order valence-corrected chi connectivity index (χ0v) is 16.4. The minimum absolute atomic E-state index is 0.182. The van der Waals surface area contributed by atoms with Crippen LogP contribution in [0.3, 0.4) is 0 Å². The number of pyridine rings is 1. The molecule has 0 radical (unpaired) electrons. The number of hydrogen-bond acceptors (Lipinski definition) is 4. The summed E-state index contributed by atoms with van der Waals surface area (Å²) in [6.45, 7) is 9.77. The monoisotopic (exact) mass is 373 g/mol. The van der Waals surface area contributed by atoms with Gasteiger partial charge in [0.1, 0.15) is 11.6 Å². The Balaban J connectivity index is 2.15. The van der Waals surface area contributed by atoms with Gasteiger partial charge in [-0.05, 0) is 57.9 Å². The zero-order valence-electron chi connectivity index (χ0n) is 16.4. The Morgan fingerprint density at radius 2 is 2.04 bits per heavy atom. The standard InChI is InChI=1S/C20H27N3O4/c1-13-9-16(14(2)23(13)12-15-7-6-8-21-11-15)10-17(18(24)25)22-19(26)27-20(3,4)5/h6-9,11,17H,10,12H2,1-5H3,(H,22,26)(H,24,25). The zero-order chi connectivity index (χ0) is 20.2. The number of nitrogens with zero attached hydrogens (tertiary/aromatic N) is 2. The highest BCUT2D eigenvalue weighted by molar-refractivity contribution is 5.80. The molecule has 2 heterocycles. The molecule has 0 saturated carbocycles. The molecule has 7 heteroatoms. The second-order valence-electron chi connectivity index (χ2n) is 7.58. The molecule has 7 nitrogen and oxygen atoms in total. The predicted molar refractivity (Wildman–Crippen MR) is 102 cm³/mol. The van der Waals surface area contributed by atoms with E-state index in [4.69, 9.17) is 4.74 Å². The number of amides is 1. The maximum Gasteiger partial charge on any atom is 0.408 e. The molecule has 2 aromatic heterocycles. The molecule has 0 aliphatic heterocycles. The van der Waals surface area contributed by atoms with Crippen LogP contribution in [0, 0.1) is 13.8 Å². The lowest BCUT2D eigenvalue weighted by Gasteiger charge is -2.22. The lowest BCUT2D eigenvalue weighted by atomic mass is 10.1. The molecule has 0 aromatic carbocycles. The Kier molecular flexibility index (Phi) is 6.25. The summed E-state index contributed by atoms with van der Waals surface area (Å²) >= 11 is 0. The molecule has 2 aromatic rings. The number of aliphatic carboxylic acids is 1. The van der Waals surface area contributed by atoms with Crippen LogP contribution in [0.15, 0.2) is 30.6 Å². The molecule has 0 aliphatic carbocycles. The Hall–Kier alpha value is -2.83. The third-order valence-electron chi connectivity index (χ3n) is 4.16. The van der Waals surface area contributed by atoms with Crippen LogP contribution in [0.25, 0.3) is 0 Å². The van der Waals surface area contributed by atoms with Crippen molar-refractivity contribution in [3.05, 3.63) is 53.1 Å². The maximum absolute atomic E-state index is 12.0. The molecular formula is C20H27N3O4. The van der Waals surface area contributed by atoms with Crippen molar-refractivity contribution >= 4 is 12.1 Å². The van der Waals surface area contributed by atoms with Gasteiger partial charge in [0.05, 0.1) is 0 Å². The van der Waals surface area contributed by atoms with E-state index < -0.39 is 23.7 Å². The topological polar surface area (TPSA) is 93.5 Å². The lowest BCUT2D eigenvalue weighted by molar-refractivity contribution is -0.139. The van der Waals surface area contributed by atoms with Gasteiger partial charge in [0.15, 0.2) is 0 Å². The molecule has 2 rings (SSSR count). The normalized spacial score (nSPS) is 12.5. The molecular weight excluding hydrogens is 346 g/mol. The molecule has 27 heavy (non-hydrogen) atoms. The summed E-state index contributed by atoms with van der Waals surface area (Å²) in [5.41, 5.74) is 3.24. The SMILES string of the molecule is Cc1cc(CC(NC(=O)OC(C)(C)C)C(=O)O)c(C)n1Cc1cccnc1. The molecule has 0 spiro atoms. The van der Waals surface area contributed by atoms with Crippen molar-refractivity contribution in [3.63, 3.8) is 0 Å². The van der Waals surface area contributed by atoms with E-state index in [1.54, 1.807) is 27.0 Å². The number of carbonyl (C=O) groups excluding carboxylic acids is 1. The molecule has 0 aliphatic rings. The highest BCUT2D eigenvalue weighted by Crippen LogP contribution is 2.19. The van der Waals surface area contributed by atoms with Gasteiger partial charge >= 0.3 is 12.1 Å². The molecule has 1 atom stereocenters. The van der Waals surface area contributed by atoms with Gasteiger partial charge in [0.25, 0.3) is 0 Å². The molecule has 0 fully saturated rings. The maximum atomic E-state index is 12.0. The Morgan fingerprint density at radius 3 is 2.59 bits per heavy atom. The summed E-state index contributed by atoms with van der Waals surface area (Å²) in [7, 11) is 0. The number of hydrogen-bond donors (Lipinski definition) is 2. The van der Waals surface area contributed by atoms with Gasteiger partial charge in [-0.3, -0.25) is 4.98 Å². The van der Waals surface area contributed by atoms with Crippen LogP contribution < -0.4 is 5.32 Å². The summed E-state index contributed by atoms with van der Waals surface area (Å²) in [5.74, 6) is -1.10. The summed E-state index contributed by atoms with van der Waals surface area (Å²) in [6.07, 6.45) is 2.98. The third kappa shape index (κ3) is 5.84. The highest BCUT2D eigenvalue weighted by atomic mass is 16.6. The lowest BCUT2D eigenvalue weighted by Crippen LogP contribution is -2.44. The number of carboxylic acids is 1. The van der Waals surface area contributed by atoms with Gasteiger partial charge in [-0.25, -0.2) is 9.59 Å². The average molecular weight is 373 g/mol. The Bertz CT molecular complexity index is 807. The van der Waals surface area contributed by atoms with Crippen LogP contribution in [-0.2, 0) is 22.5 Å². The molecule has 1 unspecified atom stereocenters. The molecule has 2 N–H and O–H groups in total. The van der Waals surface area contributed by atoms with Crippen molar-refractivity contribution < 1.29 is 19.4 Å². The van der Waals surface area contributed by atoms with Gasteiger partial charge in [0.2, 0.25) is 0 Å². The summed E-state index contributed by atoms with van der Waals surface area (Å²) < 4.78 is 7.28. The first-order valence-corrected chi connectivity index (χ1v) is 8.83. The fraction of sp³-hybridized carbons (Fsp3) is 0.450. The first-order valence-electron chi connectivity index (χ1n) is 8.83. The van der Waals surface area contributed by atoms with Crippen LogP contribution >= 0.6 is 0 Å². The minimum Gasteiger partial charge on any atom is -0.480 e. The van der Waals surface area contributed by atoms with Crippen molar-refractivity contribution in [1.82, 2.24) is 14.9 Å². The second-order valence-corrected chi connectivity index (χ2v) is 7.58. The van der Waals surface area contributed by atoms with Gasteiger partial charge in [-0.15, -0.1) is 0 Å². The van der Waals surface area contributed by atoms with Gasteiger partial charge in [-0.2, -0.15) is 0 Å². The number of aromatic nitrogens is 2. The number of aryl methyl sites for hydroxylation is 1. The van der Waals surface area contributed by atoms with E-state index in [0.717, 1.165) is 22.5 Å². The third-order valence-corrected chi connectivity index (χ3v) is 4.16. The fourth-order valence-corrected chi connectivity index (χ4v) is 2.87. The molecule has 146 valence electrons. The number of alkyl carbamates (subject to hydrolysis) is 1. The second kappa shape index (κ2) is 8.24. The van der Waals surface area contributed by atoms with Gasteiger partial charge in [-0.1, -0.05) is 6.07 Å². The highest BCUT2D eigenvalue weighted by Gasteiger charge is 2.25. The Morgan fingerprint density at radius 1 is 1.33 bits per heavy atom. The van der Waals surface area contributed by atoms with Crippen LogP contribution in [0.5, 0.6) is 0 Å². The van der Waals surface area contributed by atoms with Crippen LogP contribution in [0.1, 0.15) is 43.3 Å². The number of rotatable bonds is 6. The van der Waals surface area contributed by atoms with E-state index in [2.05, 4.69) is 14.9 Å². The van der Waals surface area contributed by atoms with Crippen molar-refractivity contribution in [2.75, 3.05) is 0 Å². The van der Waals surface area contributed by atoms with Gasteiger partial charge < -0.3 is 19.7 Å². The average Bonchev–Trinajstić information content (AvgIpc) is 2.81. The number of carboxylic acid groups (broad SMARTS) is 1. The molecule has 1 amide bonds. The van der Waals surface area contributed by atoms with E-state index in [1.807, 2.05) is 38.2 Å². The van der Waals surface area contributed by atoms with Crippen molar-refractivity contribution in [1.29, 1.82) is 0 Å². The summed E-state index contributed by atoms with van der Waals surface area (Å²) in [4.78, 5) is 27.7. The van der Waals surface area contributed by atoms with Crippen LogP contribution in [0.4, 0.5) is 4.79 Å². The summed E-state index contributed by atoms with van der Waals surface area (Å²) in [5, 5.41) is 11.9. The smallest absolute Gasteiger partial charge is 0.408 e. The quantitative estimate of drug-likeness (QED) is 0.812. The number of ether oxygens (including phenoxy) is 1. The number of carbonyl (C=O) groups is 2. The van der Waals surface area contributed by atoms with Crippen molar-refractivity contribution in [3.8, 4) is 0 Å². The van der Waals surface area contributed by atoms with E-state index >= 15 is 0 Å². The van der Waals surface area contributed by atoms with Crippen molar-refractivity contribution in [2.24, 2.45) is 0 Å². The minimum atomic E-state index is -1.10. The van der Waals surface area contributed by atoms with Crippen LogP contribution in [-0.4, -0.2) is 38.4 Å². The Labute approximate surface area is 159 Å². The van der Waals surface area contributed by atoms with E-state index in [-0.39, 0.29) is 6.42 Å². The number of nitrogens with one attached hydrogen (secondary N) is 1. The molecule has 0 saturated heterocycles. The molecule has 0 bridgehead atoms. The van der Waals surface area contributed by atoms with E-state index in [0.29, 0.717) is 6.54 Å². The first-order chi connectivity index (χ1) is 12.6. The largest absolute Gasteiger partial charge is 0.480 e. The predicted octanol–water partition coefficient (Wildman–Crippen LogP) is 3.07. The van der Waals surface area contributed by atoms with Gasteiger partial charge in [0, 0.05) is 36.7 Å². The van der Waals surface area contributed by atoms with E-state index in [1.165, 1.54) is 0 Å². The van der Waals surface area contributed by atoms with E-state index in [9.17, 15) is 14.7 Å².